The summed E-state index contributed by atoms with van der Waals surface area (Å²) in [6.45, 7) is 2.84. The summed E-state index contributed by atoms with van der Waals surface area (Å²) < 4.78 is 0. The second-order valence-electron chi connectivity index (χ2n) is 4.24. The van der Waals surface area contributed by atoms with Gasteiger partial charge < -0.3 is 16.4 Å². The molecular formula is C12H17N3OS. The van der Waals surface area contributed by atoms with E-state index in [1.54, 1.807) is 11.8 Å². The molecule has 2 rings (SSSR count). The van der Waals surface area contributed by atoms with Crippen LogP contribution in [0.2, 0.25) is 0 Å². The van der Waals surface area contributed by atoms with Gasteiger partial charge >= 0.3 is 0 Å². The number of thioether (sulfide) groups is 1. The average Bonchev–Trinajstić information content (AvgIpc) is 2.28. The zero-order chi connectivity index (χ0) is 12.3. The van der Waals surface area contributed by atoms with Gasteiger partial charge in [0.1, 0.15) is 0 Å². The Morgan fingerprint density at radius 2 is 2.41 bits per heavy atom. The number of rotatable bonds is 4. The maximum Gasteiger partial charge on any atom is 0.234 e. The molecule has 0 aliphatic carbocycles. The minimum atomic E-state index is 0.0650. The van der Waals surface area contributed by atoms with Crippen molar-refractivity contribution in [2.75, 3.05) is 22.9 Å². The highest BCUT2D eigenvalue weighted by Gasteiger charge is 2.15. The number of hydrogen-bond acceptors (Lipinski definition) is 4. The molecule has 0 aromatic heterocycles. The Hall–Kier alpha value is -1.20. The number of hydrogen-bond donors (Lipinski definition) is 3. The number of carbonyl (C=O) groups is 1. The molecular weight excluding hydrogens is 234 g/mol. The van der Waals surface area contributed by atoms with Gasteiger partial charge in [-0.1, -0.05) is 0 Å². The summed E-state index contributed by atoms with van der Waals surface area (Å²) in [7, 11) is 0. The van der Waals surface area contributed by atoms with Gasteiger partial charge in [0, 0.05) is 23.2 Å². The van der Waals surface area contributed by atoms with E-state index in [0.717, 1.165) is 29.2 Å². The highest BCUT2D eigenvalue weighted by atomic mass is 32.2. The summed E-state index contributed by atoms with van der Waals surface area (Å²) in [5, 5.41) is 6.18. The molecule has 1 unspecified atom stereocenters. The second-order valence-corrected chi connectivity index (χ2v) is 5.26. The first kappa shape index (κ1) is 12.3. The molecule has 0 saturated heterocycles. The lowest BCUT2D eigenvalue weighted by Gasteiger charge is -2.17. The lowest BCUT2D eigenvalue weighted by molar-refractivity contribution is -0.113. The SMILES string of the molecule is CC(N)CCNc1ccc2c(c1)NC(=O)CS2. The Bertz CT molecular complexity index is 420. The van der Waals surface area contributed by atoms with E-state index in [1.807, 2.05) is 25.1 Å². The summed E-state index contributed by atoms with van der Waals surface area (Å²) in [6, 6.07) is 6.24. The van der Waals surface area contributed by atoms with Gasteiger partial charge in [-0.05, 0) is 31.5 Å². The van der Waals surface area contributed by atoms with Crippen LogP contribution < -0.4 is 16.4 Å². The number of amides is 1. The third-order valence-corrected chi connectivity index (χ3v) is 3.61. The highest BCUT2D eigenvalue weighted by Crippen LogP contribution is 2.33. The van der Waals surface area contributed by atoms with E-state index in [9.17, 15) is 4.79 Å². The number of benzene rings is 1. The van der Waals surface area contributed by atoms with Crippen molar-refractivity contribution in [1.82, 2.24) is 0 Å². The Morgan fingerprint density at radius 1 is 1.59 bits per heavy atom. The molecule has 0 saturated carbocycles. The zero-order valence-corrected chi connectivity index (χ0v) is 10.6. The maximum atomic E-state index is 11.3. The van der Waals surface area contributed by atoms with Crippen LogP contribution in [0.3, 0.4) is 0 Å². The van der Waals surface area contributed by atoms with Crippen molar-refractivity contribution in [3.05, 3.63) is 18.2 Å². The fourth-order valence-corrected chi connectivity index (χ4v) is 2.43. The van der Waals surface area contributed by atoms with Gasteiger partial charge in [0.05, 0.1) is 11.4 Å². The topological polar surface area (TPSA) is 67.2 Å². The van der Waals surface area contributed by atoms with Crippen LogP contribution in [0.1, 0.15) is 13.3 Å². The molecule has 0 spiro atoms. The minimum Gasteiger partial charge on any atom is -0.385 e. The van der Waals surface area contributed by atoms with E-state index < -0.39 is 0 Å². The van der Waals surface area contributed by atoms with E-state index in [0.29, 0.717) is 5.75 Å². The summed E-state index contributed by atoms with van der Waals surface area (Å²) >= 11 is 1.57. The van der Waals surface area contributed by atoms with Crippen LogP contribution in [-0.4, -0.2) is 24.2 Å². The lowest BCUT2D eigenvalue weighted by Crippen LogP contribution is -2.20. The van der Waals surface area contributed by atoms with Gasteiger partial charge in [-0.3, -0.25) is 4.79 Å². The van der Waals surface area contributed by atoms with Gasteiger partial charge in [0.25, 0.3) is 0 Å². The van der Waals surface area contributed by atoms with E-state index in [1.165, 1.54) is 0 Å². The first-order valence-corrected chi connectivity index (χ1v) is 6.70. The molecule has 1 aromatic carbocycles. The summed E-state index contributed by atoms with van der Waals surface area (Å²) in [4.78, 5) is 12.4. The number of carbonyl (C=O) groups excluding carboxylic acids is 1. The fourth-order valence-electron chi connectivity index (χ4n) is 1.64. The Kier molecular flexibility index (Phi) is 3.91. The van der Waals surface area contributed by atoms with Crippen molar-refractivity contribution in [1.29, 1.82) is 0 Å². The van der Waals surface area contributed by atoms with Crippen LogP contribution in [0.5, 0.6) is 0 Å². The van der Waals surface area contributed by atoms with Gasteiger partial charge in [-0.2, -0.15) is 0 Å². The molecule has 4 N–H and O–H groups in total. The monoisotopic (exact) mass is 251 g/mol. The first-order chi connectivity index (χ1) is 8.15. The molecule has 1 aliphatic rings. The number of anilines is 2. The molecule has 1 aromatic rings. The quantitative estimate of drug-likeness (QED) is 0.764. The van der Waals surface area contributed by atoms with Crippen LogP contribution >= 0.6 is 11.8 Å². The molecule has 0 bridgehead atoms. The van der Waals surface area contributed by atoms with Crippen LogP contribution in [0.25, 0.3) is 0 Å². The average molecular weight is 251 g/mol. The number of fused-ring (bicyclic) bond motifs is 1. The van der Waals surface area contributed by atoms with Gasteiger partial charge in [-0.25, -0.2) is 0 Å². The molecule has 0 radical (unpaired) electrons. The lowest BCUT2D eigenvalue weighted by atomic mass is 10.2. The molecule has 1 heterocycles. The largest absolute Gasteiger partial charge is 0.385 e. The third-order valence-electron chi connectivity index (χ3n) is 2.54. The predicted octanol–water partition coefficient (Wildman–Crippen LogP) is 1.88. The van der Waals surface area contributed by atoms with Crippen LogP contribution in [0.15, 0.2) is 23.1 Å². The normalized spacial score (nSPS) is 16.0. The summed E-state index contributed by atoms with van der Waals surface area (Å²) in [5.41, 5.74) is 7.61. The predicted molar refractivity (Wildman–Crippen MR) is 72.6 cm³/mol. The van der Waals surface area contributed by atoms with Crippen molar-refractivity contribution in [3.8, 4) is 0 Å². The van der Waals surface area contributed by atoms with Gasteiger partial charge in [0.2, 0.25) is 5.91 Å². The van der Waals surface area contributed by atoms with Gasteiger partial charge in [0.15, 0.2) is 0 Å². The van der Waals surface area contributed by atoms with Gasteiger partial charge in [-0.15, -0.1) is 11.8 Å². The van der Waals surface area contributed by atoms with Crippen molar-refractivity contribution < 1.29 is 4.79 Å². The maximum absolute atomic E-state index is 11.3. The number of nitrogens with two attached hydrogens (primary N) is 1. The Balaban J connectivity index is 2.00. The van der Waals surface area contributed by atoms with E-state index in [2.05, 4.69) is 10.6 Å². The molecule has 1 aliphatic heterocycles. The summed E-state index contributed by atoms with van der Waals surface area (Å²) in [5.74, 6) is 0.569. The Morgan fingerprint density at radius 3 is 3.18 bits per heavy atom. The van der Waals surface area contributed by atoms with E-state index in [-0.39, 0.29) is 11.9 Å². The smallest absolute Gasteiger partial charge is 0.234 e. The molecule has 0 fully saturated rings. The minimum absolute atomic E-state index is 0.0650. The molecule has 1 amide bonds. The Labute approximate surface area is 105 Å². The van der Waals surface area contributed by atoms with E-state index >= 15 is 0 Å². The molecule has 1 atom stereocenters. The standard InChI is InChI=1S/C12H17N3OS/c1-8(13)4-5-14-9-2-3-11-10(6-9)15-12(16)7-17-11/h2-3,6,8,14H,4-5,7,13H2,1H3,(H,15,16). The van der Waals surface area contributed by atoms with Crippen molar-refractivity contribution >= 4 is 29.0 Å². The third kappa shape index (κ3) is 3.38. The second kappa shape index (κ2) is 5.42. The van der Waals surface area contributed by atoms with Crippen LogP contribution in [0.4, 0.5) is 11.4 Å². The molecule has 17 heavy (non-hydrogen) atoms. The van der Waals surface area contributed by atoms with Crippen molar-refractivity contribution in [2.45, 2.75) is 24.3 Å². The molecule has 5 heteroatoms. The van der Waals surface area contributed by atoms with Crippen molar-refractivity contribution in [3.63, 3.8) is 0 Å². The van der Waals surface area contributed by atoms with Crippen LogP contribution in [-0.2, 0) is 4.79 Å². The first-order valence-electron chi connectivity index (χ1n) is 5.71. The zero-order valence-electron chi connectivity index (χ0n) is 9.82. The summed E-state index contributed by atoms with van der Waals surface area (Å²) in [6.07, 6.45) is 0.929. The van der Waals surface area contributed by atoms with Crippen LogP contribution in [0, 0.1) is 0 Å². The molecule has 92 valence electrons. The van der Waals surface area contributed by atoms with E-state index in [4.69, 9.17) is 5.73 Å². The van der Waals surface area contributed by atoms with Crippen molar-refractivity contribution in [2.24, 2.45) is 5.73 Å². The number of nitrogens with one attached hydrogen (secondary N) is 2. The fraction of sp³-hybridized carbons (Fsp3) is 0.417. The highest BCUT2D eigenvalue weighted by molar-refractivity contribution is 8.00. The molecule has 4 nitrogen and oxygen atoms in total.